The van der Waals surface area contributed by atoms with Gasteiger partial charge in [-0.3, -0.25) is 0 Å². The number of nitrogen functional groups attached to an aromatic ring is 2. The Kier molecular flexibility index (Phi) is 4.33. The fourth-order valence-corrected chi connectivity index (χ4v) is 2.80. The number of furan rings is 2. The van der Waals surface area contributed by atoms with Crippen LogP contribution in [-0.4, -0.2) is 23.1 Å². The van der Waals surface area contributed by atoms with Gasteiger partial charge in [0.2, 0.25) is 11.8 Å². The standard InChI is InChI=1S/C20H24N2O6/c1-19(2,3)27-17(23)13-9-7-12-10(8-11(9)25-15(13)21)14(16(22)26-12)18(24)28-20(4,5)6/h7-8H,21-22H2,1-6H3. The Balaban J connectivity index is 2.16. The van der Waals surface area contributed by atoms with Gasteiger partial charge in [-0.05, 0) is 53.7 Å². The molecule has 1 aromatic carbocycles. The van der Waals surface area contributed by atoms with Gasteiger partial charge in [-0.2, -0.15) is 0 Å². The molecule has 0 radical (unpaired) electrons. The topological polar surface area (TPSA) is 131 Å². The molecule has 8 nitrogen and oxygen atoms in total. The Morgan fingerprint density at radius 2 is 1.07 bits per heavy atom. The number of ether oxygens (including phenoxy) is 2. The number of carbonyl (C=O) groups excluding carboxylic acids is 2. The van der Waals surface area contributed by atoms with E-state index in [1.54, 1.807) is 53.7 Å². The van der Waals surface area contributed by atoms with Gasteiger partial charge in [0, 0.05) is 10.8 Å². The van der Waals surface area contributed by atoms with Crippen LogP contribution >= 0.6 is 0 Å². The van der Waals surface area contributed by atoms with E-state index in [-0.39, 0.29) is 22.9 Å². The van der Waals surface area contributed by atoms with Crippen molar-refractivity contribution in [3.8, 4) is 0 Å². The molecule has 0 atom stereocenters. The minimum Gasteiger partial charge on any atom is -0.456 e. The molecule has 0 spiro atoms. The molecular formula is C20H24N2O6. The second-order valence-electron chi connectivity index (χ2n) is 8.53. The van der Waals surface area contributed by atoms with E-state index in [9.17, 15) is 9.59 Å². The first kappa shape index (κ1) is 19.6. The van der Waals surface area contributed by atoms with Crippen LogP contribution in [0.25, 0.3) is 21.9 Å². The minimum atomic E-state index is -0.698. The Morgan fingerprint density at radius 3 is 1.36 bits per heavy atom. The van der Waals surface area contributed by atoms with E-state index in [1.807, 2.05) is 0 Å². The first-order chi connectivity index (χ1) is 12.8. The van der Waals surface area contributed by atoms with Crippen LogP contribution < -0.4 is 11.5 Å². The highest BCUT2D eigenvalue weighted by atomic mass is 16.6. The van der Waals surface area contributed by atoms with Gasteiger partial charge in [0.25, 0.3) is 0 Å². The zero-order valence-electron chi connectivity index (χ0n) is 16.8. The third-order valence-corrected chi connectivity index (χ3v) is 3.76. The molecular weight excluding hydrogens is 364 g/mol. The largest absolute Gasteiger partial charge is 0.456 e. The van der Waals surface area contributed by atoms with Gasteiger partial charge in [-0.25, -0.2) is 9.59 Å². The average molecular weight is 388 g/mol. The maximum atomic E-state index is 12.5. The number of esters is 2. The normalized spacial score (nSPS) is 12.5. The maximum Gasteiger partial charge on any atom is 0.344 e. The molecule has 2 heterocycles. The number of hydrogen-bond donors (Lipinski definition) is 2. The van der Waals surface area contributed by atoms with Crippen LogP contribution in [-0.2, 0) is 9.47 Å². The molecule has 0 aliphatic carbocycles. The van der Waals surface area contributed by atoms with Crippen molar-refractivity contribution in [3.63, 3.8) is 0 Å². The van der Waals surface area contributed by atoms with Crippen LogP contribution in [0.5, 0.6) is 0 Å². The van der Waals surface area contributed by atoms with E-state index in [2.05, 4.69) is 0 Å². The smallest absolute Gasteiger partial charge is 0.344 e. The number of benzene rings is 1. The summed E-state index contributed by atoms with van der Waals surface area (Å²) < 4.78 is 21.9. The summed E-state index contributed by atoms with van der Waals surface area (Å²) in [6, 6.07) is 3.10. The molecule has 8 heteroatoms. The maximum absolute atomic E-state index is 12.5. The van der Waals surface area contributed by atoms with Crippen LogP contribution in [0.1, 0.15) is 62.3 Å². The summed E-state index contributed by atoms with van der Waals surface area (Å²) in [5, 5.41) is 0.812. The number of rotatable bonds is 2. The van der Waals surface area contributed by atoms with Crippen LogP contribution in [0.2, 0.25) is 0 Å². The van der Waals surface area contributed by atoms with Gasteiger partial charge < -0.3 is 29.8 Å². The number of anilines is 2. The zero-order chi connectivity index (χ0) is 21.0. The Labute approximate surface area is 161 Å². The SMILES string of the molecule is CC(C)(C)OC(=O)c1c(N)oc2cc3c(C(=O)OC(C)(C)C)c(N)oc3cc12. The molecule has 0 amide bonds. The Hall–Kier alpha value is -3.16. The number of fused-ring (bicyclic) bond motifs is 2. The second kappa shape index (κ2) is 6.19. The van der Waals surface area contributed by atoms with E-state index in [0.29, 0.717) is 21.9 Å². The highest BCUT2D eigenvalue weighted by Crippen LogP contribution is 2.37. The molecule has 4 N–H and O–H groups in total. The lowest BCUT2D eigenvalue weighted by molar-refractivity contribution is 0.00595. The minimum absolute atomic E-state index is 0.0799. The molecule has 150 valence electrons. The molecule has 3 aromatic rings. The van der Waals surface area contributed by atoms with Crippen molar-refractivity contribution in [2.75, 3.05) is 11.5 Å². The Morgan fingerprint density at radius 1 is 0.750 bits per heavy atom. The molecule has 2 aromatic heterocycles. The molecule has 0 fully saturated rings. The van der Waals surface area contributed by atoms with Crippen molar-refractivity contribution in [1.29, 1.82) is 0 Å². The van der Waals surface area contributed by atoms with Gasteiger partial charge in [0.1, 0.15) is 33.5 Å². The van der Waals surface area contributed by atoms with Crippen molar-refractivity contribution < 1.29 is 27.9 Å². The number of nitrogens with two attached hydrogens (primary N) is 2. The van der Waals surface area contributed by atoms with Crippen LogP contribution in [0.3, 0.4) is 0 Å². The highest BCUT2D eigenvalue weighted by molar-refractivity contribution is 6.14. The molecule has 28 heavy (non-hydrogen) atoms. The summed E-state index contributed by atoms with van der Waals surface area (Å²) in [6.45, 7) is 10.5. The van der Waals surface area contributed by atoms with Crippen molar-refractivity contribution in [2.45, 2.75) is 52.7 Å². The van der Waals surface area contributed by atoms with Gasteiger partial charge in [0.05, 0.1) is 0 Å². The summed E-state index contributed by atoms with van der Waals surface area (Å²) in [6.07, 6.45) is 0. The number of carbonyl (C=O) groups is 2. The third-order valence-electron chi connectivity index (χ3n) is 3.76. The quantitative estimate of drug-likeness (QED) is 0.623. The summed E-state index contributed by atoms with van der Waals surface area (Å²) in [5.74, 6) is -1.39. The zero-order valence-corrected chi connectivity index (χ0v) is 16.8. The predicted octanol–water partition coefficient (Wildman–Crippen LogP) is 4.25. The van der Waals surface area contributed by atoms with Gasteiger partial charge in [0.15, 0.2) is 0 Å². The fourth-order valence-electron chi connectivity index (χ4n) is 2.80. The molecule has 3 rings (SSSR count). The molecule has 0 aliphatic rings. The summed E-state index contributed by atoms with van der Waals surface area (Å²) >= 11 is 0. The van der Waals surface area contributed by atoms with E-state index in [0.717, 1.165) is 0 Å². The molecule has 0 aliphatic heterocycles. The highest BCUT2D eigenvalue weighted by Gasteiger charge is 2.29. The summed E-state index contributed by atoms with van der Waals surface area (Å²) in [7, 11) is 0. The molecule has 0 unspecified atom stereocenters. The van der Waals surface area contributed by atoms with Gasteiger partial charge >= 0.3 is 11.9 Å². The van der Waals surface area contributed by atoms with E-state index < -0.39 is 23.1 Å². The molecule has 0 saturated heterocycles. The average Bonchev–Trinajstić information content (AvgIpc) is 2.95. The Bertz CT molecular complexity index is 1000. The second-order valence-corrected chi connectivity index (χ2v) is 8.53. The summed E-state index contributed by atoms with van der Waals surface area (Å²) in [5.41, 5.74) is 11.2. The lowest BCUT2D eigenvalue weighted by atomic mass is 10.1. The van der Waals surface area contributed by atoms with Gasteiger partial charge in [-0.15, -0.1) is 0 Å². The monoisotopic (exact) mass is 388 g/mol. The van der Waals surface area contributed by atoms with E-state index in [1.165, 1.54) is 0 Å². The van der Waals surface area contributed by atoms with Crippen molar-refractivity contribution in [1.82, 2.24) is 0 Å². The predicted molar refractivity (Wildman–Crippen MR) is 105 cm³/mol. The first-order valence-corrected chi connectivity index (χ1v) is 8.77. The first-order valence-electron chi connectivity index (χ1n) is 8.77. The van der Waals surface area contributed by atoms with Crippen LogP contribution in [0.15, 0.2) is 21.0 Å². The molecule has 0 bridgehead atoms. The van der Waals surface area contributed by atoms with Crippen molar-refractivity contribution in [3.05, 3.63) is 23.3 Å². The van der Waals surface area contributed by atoms with E-state index in [4.69, 9.17) is 29.8 Å². The van der Waals surface area contributed by atoms with Crippen molar-refractivity contribution >= 4 is 45.6 Å². The van der Waals surface area contributed by atoms with Crippen molar-refractivity contribution in [2.24, 2.45) is 0 Å². The lowest BCUT2D eigenvalue weighted by Gasteiger charge is -2.19. The fraction of sp³-hybridized carbons (Fsp3) is 0.400. The third kappa shape index (κ3) is 3.62. The van der Waals surface area contributed by atoms with Gasteiger partial charge in [-0.1, -0.05) is 0 Å². The molecule has 0 saturated carbocycles. The number of hydrogen-bond acceptors (Lipinski definition) is 8. The van der Waals surface area contributed by atoms with Crippen LogP contribution in [0.4, 0.5) is 11.8 Å². The van der Waals surface area contributed by atoms with E-state index >= 15 is 0 Å². The van der Waals surface area contributed by atoms with Crippen LogP contribution in [0, 0.1) is 0 Å². The summed E-state index contributed by atoms with van der Waals surface area (Å²) in [4.78, 5) is 25.1. The lowest BCUT2D eigenvalue weighted by Crippen LogP contribution is -2.24.